The molecule has 0 radical (unpaired) electrons. The summed E-state index contributed by atoms with van der Waals surface area (Å²) in [4.78, 5) is 13.6. The maximum Gasteiger partial charge on any atom is 0.240 e. The fourth-order valence-electron chi connectivity index (χ4n) is 1.34. The van der Waals surface area contributed by atoms with Crippen LogP contribution in [0.25, 0.3) is 0 Å². The molecule has 60 valence electrons. The van der Waals surface area contributed by atoms with Crippen molar-refractivity contribution >= 4 is 11.8 Å². The minimum Gasteiger partial charge on any atom is -0.372 e. The van der Waals surface area contributed by atoms with Gasteiger partial charge in [0.05, 0.1) is 18.9 Å². The zero-order valence-corrected chi connectivity index (χ0v) is 6.41. The lowest BCUT2D eigenvalue weighted by Gasteiger charge is -1.97. The number of aliphatic imine (C=N–C) groups is 1. The third-order valence-corrected chi connectivity index (χ3v) is 1.92. The molecular weight excluding hydrogens is 154 g/mol. The van der Waals surface area contributed by atoms with E-state index in [4.69, 9.17) is 4.74 Å². The summed E-state index contributed by atoms with van der Waals surface area (Å²) >= 11 is 0. The van der Waals surface area contributed by atoms with Crippen molar-refractivity contribution in [3.8, 4) is 0 Å². The predicted molar refractivity (Wildman–Crippen MR) is 42.7 cm³/mol. The van der Waals surface area contributed by atoms with Crippen LogP contribution >= 0.6 is 0 Å². The summed E-state index contributed by atoms with van der Waals surface area (Å²) in [6.07, 6.45) is 1.53. The third kappa shape index (κ3) is 1.05. The van der Waals surface area contributed by atoms with Gasteiger partial charge in [0.25, 0.3) is 0 Å². The predicted octanol–water partition coefficient (Wildman–Crippen LogP) is 1.68. The lowest BCUT2D eigenvalue weighted by molar-refractivity contribution is 0.134. The molecule has 3 nitrogen and oxygen atoms in total. The standard InChI is InChI=1S/C9H7NO2/c11-6-10-9-3-1-2-7-4-12-5-8(7)9/h1-3H,4-5H2. The molecule has 0 atom stereocenters. The maximum absolute atomic E-state index is 10.0. The molecule has 1 heterocycles. The van der Waals surface area contributed by atoms with Crippen molar-refractivity contribution in [3.05, 3.63) is 29.3 Å². The minimum absolute atomic E-state index is 0.552. The fourth-order valence-corrected chi connectivity index (χ4v) is 1.34. The van der Waals surface area contributed by atoms with E-state index in [-0.39, 0.29) is 0 Å². The van der Waals surface area contributed by atoms with Gasteiger partial charge in [-0.1, -0.05) is 12.1 Å². The summed E-state index contributed by atoms with van der Waals surface area (Å²) in [5.74, 6) is 0. The quantitative estimate of drug-likeness (QED) is 0.464. The zero-order valence-electron chi connectivity index (χ0n) is 6.41. The van der Waals surface area contributed by atoms with Crippen molar-refractivity contribution in [2.45, 2.75) is 13.2 Å². The number of isocyanates is 1. The first-order valence-electron chi connectivity index (χ1n) is 3.68. The van der Waals surface area contributed by atoms with Crippen LogP contribution < -0.4 is 0 Å². The second-order valence-corrected chi connectivity index (χ2v) is 2.61. The second-order valence-electron chi connectivity index (χ2n) is 2.61. The van der Waals surface area contributed by atoms with Crippen molar-refractivity contribution in [3.63, 3.8) is 0 Å². The largest absolute Gasteiger partial charge is 0.372 e. The fraction of sp³-hybridized carbons (Fsp3) is 0.222. The number of hydrogen-bond donors (Lipinski definition) is 0. The molecule has 0 aliphatic carbocycles. The highest BCUT2D eigenvalue weighted by Gasteiger charge is 2.13. The second kappa shape index (κ2) is 2.89. The average Bonchev–Trinajstić information content (AvgIpc) is 2.53. The van der Waals surface area contributed by atoms with Gasteiger partial charge in [-0.2, -0.15) is 4.99 Å². The summed E-state index contributed by atoms with van der Waals surface area (Å²) in [5, 5.41) is 0. The van der Waals surface area contributed by atoms with E-state index in [0.29, 0.717) is 18.9 Å². The van der Waals surface area contributed by atoms with Crippen LogP contribution in [0.2, 0.25) is 0 Å². The van der Waals surface area contributed by atoms with Crippen LogP contribution in [0.3, 0.4) is 0 Å². The van der Waals surface area contributed by atoms with E-state index >= 15 is 0 Å². The molecule has 0 amide bonds. The van der Waals surface area contributed by atoms with Gasteiger partial charge < -0.3 is 4.74 Å². The van der Waals surface area contributed by atoms with E-state index in [0.717, 1.165) is 11.1 Å². The van der Waals surface area contributed by atoms with Gasteiger partial charge in [-0.05, 0) is 11.6 Å². The molecule has 0 aromatic heterocycles. The molecule has 0 unspecified atom stereocenters. The summed E-state index contributed by atoms with van der Waals surface area (Å²) in [6.45, 7) is 1.17. The SMILES string of the molecule is O=C=Nc1cccc2c1COC2. The van der Waals surface area contributed by atoms with Crippen molar-refractivity contribution < 1.29 is 9.53 Å². The van der Waals surface area contributed by atoms with Crippen LogP contribution in [0.1, 0.15) is 11.1 Å². The Morgan fingerprint density at radius 3 is 3.17 bits per heavy atom. The molecule has 12 heavy (non-hydrogen) atoms. The zero-order chi connectivity index (χ0) is 8.39. The van der Waals surface area contributed by atoms with Gasteiger partial charge in [-0.3, -0.25) is 0 Å². The number of carbonyl (C=O) groups excluding carboxylic acids is 1. The van der Waals surface area contributed by atoms with Crippen LogP contribution in [-0.4, -0.2) is 6.08 Å². The van der Waals surface area contributed by atoms with Gasteiger partial charge in [-0.25, -0.2) is 4.79 Å². The first kappa shape index (κ1) is 7.22. The Labute approximate surface area is 69.7 Å². The molecule has 2 rings (SSSR count). The van der Waals surface area contributed by atoms with E-state index in [2.05, 4.69) is 4.99 Å². The molecule has 0 spiro atoms. The molecule has 0 bridgehead atoms. The Kier molecular flexibility index (Phi) is 1.74. The lowest BCUT2D eigenvalue weighted by Crippen LogP contribution is -1.81. The molecule has 1 aromatic carbocycles. The van der Waals surface area contributed by atoms with Crippen LogP contribution in [0, 0.1) is 0 Å². The van der Waals surface area contributed by atoms with Crippen LogP contribution in [0.15, 0.2) is 23.2 Å². The van der Waals surface area contributed by atoms with E-state index < -0.39 is 0 Å². The highest BCUT2D eigenvalue weighted by molar-refractivity contribution is 5.56. The highest BCUT2D eigenvalue weighted by atomic mass is 16.5. The monoisotopic (exact) mass is 161 g/mol. The molecule has 0 N–H and O–H groups in total. The molecule has 1 aliphatic heterocycles. The third-order valence-electron chi connectivity index (χ3n) is 1.92. The molecule has 0 fully saturated rings. The molecule has 1 aromatic rings. The first-order valence-corrected chi connectivity index (χ1v) is 3.68. The lowest BCUT2D eigenvalue weighted by atomic mass is 10.1. The highest BCUT2D eigenvalue weighted by Crippen LogP contribution is 2.28. The Morgan fingerprint density at radius 1 is 1.42 bits per heavy atom. The topological polar surface area (TPSA) is 38.7 Å². The van der Waals surface area contributed by atoms with Gasteiger partial charge in [0.1, 0.15) is 0 Å². The van der Waals surface area contributed by atoms with Gasteiger partial charge in [0, 0.05) is 5.56 Å². The minimum atomic E-state index is 0.552. The van der Waals surface area contributed by atoms with Crippen molar-refractivity contribution in [1.29, 1.82) is 0 Å². The maximum atomic E-state index is 10.0. The molecular formula is C9H7NO2. The van der Waals surface area contributed by atoms with E-state index in [1.165, 1.54) is 6.08 Å². The number of nitrogens with zero attached hydrogens (tertiary/aromatic N) is 1. The summed E-state index contributed by atoms with van der Waals surface area (Å²) in [7, 11) is 0. The van der Waals surface area contributed by atoms with Gasteiger partial charge >= 0.3 is 0 Å². The van der Waals surface area contributed by atoms with Gasteiger partial charge in [-0.15, -0.1) is 0 Å². The number of benzene rings is 1. The van der Waals surface area contributed by atoms with Crippen molar-refractivity contribution in [1.82, 2.24) is 0 Å². The summed E-state index contributed by atoms with van der Waals surface area (Å²) in [6, 6.07) is 5.63. The molecule has 0 saturated heterocycles. The molecule has 0 saturated carbocycles. The van der Waals surface area contributed by atoms with E-state index in [9.17, 15) is 4.79 Å². The molecule has 1 aliphatic rings. The van der Waals surface area contributed by atoms with E-state index in [1.54, 1.807) is 6.07 Å². The van der Waals surface area contributed by atoms with E-state index in [1.807, 2.05) is 12.1 Å². The van der Waals surface area contributed by atoms with Crippen LogP contribution in [0.4, 0.5) is 5.69 Å². The average molecular weight is 161 g/mol. The number of ether oxygens (including phenoxy) is 1. The number of hydrogen-bond acceptors (Lipinski definition) is 3. The van der Waals surface area contributed by atoms with Gasteiger partial charge in [0.2, 0.25) is 6.08 Å². The Bertz CT molecular complexity index is 354. The first-order chi connectivity index (χ1) is 5.92. The number of rotatable bonds is 1. The van der Waals surface area contributed by atoms with Gasteiger partial charge in [0.15, 0.2) is 0 Å². The van der Waals surface area contributed by atoms with Crippen LogP contribution in [-0.2, 0) is 22.7 Å². The van der Waals surface area contributed by atoms with Crippen LogP contribution in [0.5, 0.6) is 0 Å². The Balaban J connectivity index is 2.56. The normalized spacial score (nSPS) is 13.7. The smallest absolute Gasteiger partial charge is 0.240 e. The van der Waals surface area contributed by atoms with Crippen molar-refractivity contribution in [2.75, 3.05) is 0 Å². The Morgan fingerprint density at radius 2 is 2.33 bits per heavy atom. The molecule has 3 heteroatoms. The van der Waals surface area contributed by atoms with Crippen molar-refractivity contribution in [2.24, 2.45) is 4.99 Å². The summed E-state index contributed by atoms with van der Waals surface area (Å²) < 4.78 is 5.21. The number of fused-ring (bicyclic) bond motifs is 1. The summed E-state index contributed by atoms with van der Waals surface area (Å²) in [5.41, 5.74) is 2.81. The Hall–Kier alpha value is -1.44.